The lowest BCUT2D eigenvalue weighted by atomic mass is 9.97. The predicted octanol–water partition coefficient (Wildman–Crippen LogP) is 3.34. The number of aromatic nitrogens is 3. The fourth-order valence-electron chi connectivity index (χ4n) is 4.02. The quantitative estimate of drug-likeness (QED) is 0.627. The molecule has 152 valence electrons. The molecule has 0 fully saturated rings. The van der Waals surface area contributed by atoms with Gasteiger partial charge in [-0.05, 0) is 49.8 Å². The highest BCUT2D eigenvalue weighted by atomic mass is 16.1. The molecule has 0 spiro atoms. The van der Waals surface area contributed by atoms with Crippen LogP contribution in [0, 0.1) is 0 Å². The Kier molecular flexibility index (Phi) is 5.79. The topological polar surface area (TPSA) is 68.4 Å². The van der Waals surface area contributed by atoms with Crippen LogP contribution in [-0.2, 0) is 19.4 Å². The van der Waals surface area contributed by atoms with Gasteiger partial charge in [0.2, 0.25) is 0 Å². The Morgan fingerprint density at radius 1 is 1.10 bits per heavy atom. The number of carbonyl (C=O) groups excluding carboxylic acids is 1. The molecule has 3 aromatic rings. The van der Waals surface area contributed by atoms with Gasteiger partial charge in [-0.1, -0.05) is 31.9 Å². The van der Waals surface area contributed by atoms with Crippen molar-refractivity contribution in [2.75, 3.05) is 6.54 Å². The number of hydrogen-bond acceptors (Lipinski definition) is 3. The zero-order valence-corrected chi connectivity index (χ0v) is 17.0. The number of fused-ring (bicyclic) bond motifs is 3. The number of aryl methyl sites for hydroxylation is 2. The van der Waals surface area contributed by atoms with Gasteiger partial charge in [-0.2, -0.15) is 5.10 Å². The van der Waals surface area contributed by atoms with Crippen molar-refractivity contribution in [1.82, 2.24) is 19.5 Å². The van der Waals surface area contributed by atoms with Gasteiger partial charge in [0.25, 0.3) is 11.5 Å². The van der Waals surface area contributed by atoms with E-state index in [4.69, 9.17) is 0 Å². The average molecular weight is 393 g/mol. The maximum absolute atomic E-state index is 13.1. The molecule has 29 heavy (non-hydrogen) atoms. The molecule has 1 N–H and O–H groups in total. The number of amides is 1. The van der Waals surface area contributed by atoms with E-state index in [1.165, 1.54) is 0 Å². The standard InChI is InChI=1S/C23H28N4O2/c1-2-3-6-13-24-22(28)18-11-9-17(10-12-18)16-26-14-15-27-21(23(26)29)19-7-4-5-8-20(19)25-27/h9-12,14-15H,2-8,13,16H2,1H3,(H,24,28). The Morgan fingerprint density at radius 3 is 2.69 bits per heavy atom. The molecule has 0 unspecified atom stereocenters. The number of unbranched alkanes of at least 4 members (excludes halogenated alkanes) is 2. The van der Waals surface area contributed by atoms with Crippen molar-refractivity contribution in [2.45, 2.75) is 58.4 Å². The number of nitrogens with zero attached hydrogens (tertiary/aromatic N) is 3. The van der Waals surface area contributed by atoms with Crippen LogP contribution in [0.2, 0.25) is 0 Å². The van der Waals surface area contributed by atoms with Crippen LogP contribution in [0.5, 0.6) is 0 Å². The first-order valence-electron chi connectivity index (χ1n) is 10.6. The Bertz CT molecular complexity index is 1060. The number of hydrogen-bond donors (Lipinski definition) is 1. The zero-order valence-electron chi connectivity index (χ0n) is 17.0. The lowest BCUT2D eigenvalue weighted by Crippen LogP contribution is -2.24. The van der Waals surface area contributed by atoms with Gasteiger partial charge in [0.15, 0.2) is 0 Å². The number of carbonyl (C=O) groups is 1. The van der Waals surface area contributed by atoms with Crippen LogP contribution in [0.25, 0.3) is 5.52 Å². The molecule has 1 aliphatic carbocycles. The minimum absolute atomic E-state index is 0.000828. The summed E-state index contributed by atoms with van der Waals surface area (Å²) >= 11 is 0. The van der Waals surface area contributed by atoms with Crippen molar-refractivity contribution < 1.29 is 4.79 Å². The van der Waals surface area contributed by atoms with E-state index in [0.717, 1.165) is 61.8 Å². The zero-order chi connectivity index (χ0) is 20.2. The van der Waals surface area contributed by atoms with Crippen molar-refractivity contribution in [3.63, 3.8) is 0 Å². The molecule has 0 saturated heterocycles. The minimum Gasteiger partial charge on any atom is -0.352 e. The summed E-state index contributed by atoms with van der Waals surface area (Å²) < 4.78 is 3.46. The van der Waals surface area contributed by atoms with E-state index < -0.39 is 0 Å². The van der Waals surface area contributed by atoms with E-state index in [-0.39, 0.29) is 11.5 Å². The third kappa shape index (κ3) is 4.11. The van der Waals surface area contributed by atoms with E-state index >= 15 is 0 Å². The SMILES string of the molecule is CCCCCNC(=O)c1ccc(Cn2ccn3nc4c(c3c2=O)CCCC4)cc1. The summed E-state index contributed by atoms with van der Waals surface area (Å²) in [6.07, 6.45) is 11.1. The van der Waals surface area contributed by atoms with Gasteiger partial charge in [0.05, 0.1) is 12.2 Å². The van der Waals surface area contributed by atoms with Gasteiger partial charge in [0.1, 0.15) is 5.52 Å². The van der Waals surface area contributed by atoms with Crippen LogP contribution in [0.15, 0.2) is 41.5 Å². The average Bonchev–Trinajstić information content (AvgIpc) is 3.13. The fraction of sp³-hybridized carbons (Fsp3) is 0.435. The smallest absolute Gasteiger partial charge is 0.277 e. The summed E-state index contributed by atoms with van der Waals surface area (Å²) in [5, 5.41) is 7.54. The van der Waals surface area contributed by atoms with Gasteiger partial charge >= 0.3 is 0 Å². The molecular formula is C23H28N4O2. The molecule has 1 aromatic carbocycles. The van der Waals surface area contributed by atoms with E-state index in [0.29, 0.717) is 24.2 Å². The molecule has 0 saturated carbocycles. The van der Waals surface area contributed by atoms with Crippen LogP contribution in [-0.4, -0.2) is 26.6 Å². The maximum Gasteiger partial charge on any atom is 0.277 e. The van der Waals surface area contributed by atoms with Gasteiger partial charge < -0.3 is 9.88 Å². The molecule has 6 heteroatoms. The molecular weight excluding hydrogens is 364 g/mol. The Morgan fingerprint density at radius 2 is 1.90 bits per heavy atom. The van der Waals surface area contributed by atoms with Crippen LogP contribution >= 0.6 is 0 Å². The van der Waals surface area contributed by atoms with Crippen molar-refractivity contribution in [3.8, 4) is 0 Å². The normalized spacial score (nSPS) is 13.4. The fourth-order valence-corrected chi connectivity index (χ4v) is 4.02. The van der Waals surface area contributed by atoms with Gasteiger partial charge in [-0.3, -0.25) is 9.59 Å². The van der Waals surface area contributed by atoms with E-state index in [2.05, 4.69) is 17.3 Å². The third-order valence-electron chi connectivity index (χ3n) is 5.67. The van der Waals surface area contributed by atoms with Gasteiger partial charge in [-0.15, -0.1) is 0 Å². The molecule has 0 bridgehead atoms. The Balaban J connectivity index is 1.49. The van der Waals surface area contributed by atoms with Crippen LogP contribution in [0.4, 0.5) is 0 Å². The molecule has 2 heterocycles. The van der Waals surface area contributed by atoms with Crippen LogP contribution < -0.4 is 10.9 Å². The lowest BCUT2D eigenvalue weighted by Gasteiger charge is -2.10. The Labute approximate surface area is 170 Å². The van der Waals surface area contributed by atoms with Gasteiger partial charge in [0, 0.05) is 30.1 Å². The number of nitrogens with one attached hydrogen (secondary N) is 1. The minimum atomic E-state index is -0.0443. The first-order chi connectivity index (χ1) is 14.2. The predicted molar refractivity (Wildman–Crippen MR) is 113 cm³/mol. The molecule has 0 aliphatic heterocycles. The van der Waals surface area contributed by atoms with Crippen LogP contribution in [0.3, 0.4) is 0 Å². The molecule has 2 aromatic heterocycles. The molecule has 4 rings (SSSR count). The lowest BCUT2D eigenvalue weighted by molar-refractivity contribution is 0.0953. The molecule has 0 radical (unpaired) electrons. The monoisotopic (exact) mass is 392 g/mol. The summed E-state index contributed by atoms with van der Waals surface area (Å²) in [4.78, 5) is 25.3. The number of benzene rings is 1. The first kappa shape index (κ1) is 19.4. The van der Waals surface area contributed by atoms with Crippen molar-refractivity contribution >= 4 is 11.4 Å². The summed E-state index contributed by atoms with van der Waals surface area (Å²) in [6.45, 7) is 3.33. The highest BCUT2D eigenvalue weighted by molar-refractivity contribution is 5.94. The second-order valence-corrected chi connectivity index (χ2v) is 7.82. The van der Waals surface area contributed by atoms with Crippen molar-refractivity contribution in [1.29, 1.82) is 0 Å². The second kappa shape index (κ2) is 8.64. The molecule has 1 aliphatic rings. The van der Waals surface area contributed by atoms with Crippen molar-refractivity contribution in [3.05, 3.63) is 69.4 Å². The highest BCUT2D eigenvalue weighted by Crippen LogP contribution is 2.22. The second-order valence-electron chi connectivity index (χ2n) is 7.82. The highest BCUT2D eigenvalue weighted by Gasteiger charge is 2.19. The van der Waals surface area contributed by atoms with Crippen LogP contribution in [0.1, 0.15) is 66.2 Å². The van der Waals surface area contributed by atoms with E-state index in [1.54, 1.807) is 15.3 Å². The summed E-state index contributed by atoms with van der Waals surface area (Å²) in [6, 6.07) is 7.50. The largest absolute Gasteiger partial charge is 0.352 e. The third-order valence-corrected chi connectivity index (χ3v) is 5.67. The maximum atomic E-state index is 13.1. The Hall–Kier alpha value is -2.89. The van der Waals surface area contributed by atoms with Crippen molar-refractivity contribution in [2.24, 2.45) is 0 Å². The first-order valence-corrected chi connectivity index (χ1v) is 10.6. The molecule has 6 nitrogen and oxygen atoms in total. The summed E-state index contributed by atoms with van der Waals surface area (Å²) in [5.41, 5.74) is 4.54. The summed E-state index contributed by atoms with van der Waals surface area (Å²) in [5.74, 6) is -0.0443. The van der Waals surface area contributed by atoms with E-state index in [1.807, 2.05) is 30.5 Å². The number of rotatable bonds is 7. The molecule has 1 amide bonds. The van der Waals surface area contributed by atoms with E-state index in [9.17, 15) is 9.59 Å². The van der Waals surface area contributed by atoms with Gasteiger partial charge in [-0.25, -0.2) is 4.52 Å². The summed E-state index contributed by atoms with van der Waals surface area (Å²) in [7, 11) is 0. The molecule has 0 atom stereocenters.